The van der Waals surface area contributed by atoms with Gasteiger partial charge in [-0.2, -0.15) is 0 Å². The highest BCUT2D eigenvalue weighted by molar-refractivity contribution is 5.92. The minimum atomic E-state index is -0.124. The molecule has 6 heteroatoms. The molecule has 3 aromatic rings. The van der Waals surface area contributed by atoms with Gasteiger partial charge in [0.1, 0.15) is 11.6 Å². The Kier molecular flexibility index (Phi) is 3.65. The third kappa shape index (κ3) is 2.50. The molecule has 0 aliphatic carbocycles. The Morgan fingerprint density at radius 1 is 1.33 bits per heavy atom. The van der Waals surface area contributed by atoms with E-state index in [1.165, 1.54) is 0 Å². The second-order valence-corrected chi connectivity index (χ2v) is 5.89. The molecule has 3 heterocycles. The summed E-state index contributed by atoms with van der Waals surface area (Å²) in [5.74, 6) is 1.48. The van der Waals surface area contributed by atoms with Crippen LogP contribution in [-0.2, 0) is 19.5 Å². The molecule has 0 unspecified atom stereocenters. The highest BCUT2D eigenvalue weighted by Crippen LogP contribution is 2.30. The van der Waals surface area contributed by atoms with E-state index in [1.54, 1.807) is 12.3 Å². The smallest absolute Gasteiger partial charge is 0.277 e. The number of hydrogen-bond donors (Lipinski definition) is 0. The molecule has 122 valence electrons. The Morgan fingerprint density at radius 3 is 2.92 bits per heavy atom. The van der Waals surface area contributed by atoms with Gasteiger partial charge in [0.25, 0.3) is 5.91 Å². The zero-order valence-corrected chi connectivity index (χ0v) is 13.4. The third-order valence-corrected chi connectivity index (χ3v) is 4.43. The van der Waals surface area contributed by atoms with Crippen molar-refractivity contribution in [1.82, 2.24) is 19.6 Å². The lowest BCUT2D eigenvalue weighted by atomic mass is 10.0. The van der Waals surface area contributed by atoms with Crippen molar-refractivity contribution in [2.45, 2.75) is 32.5 Å². The standard InChI is InChI=1S/C18H18N4O2/c1-2-14-10-15(20-24-14)18(23)22-12-17-19-8-9-21(17)11-16(22)13-6-4-3-5-7-13/h3-10,16H,2,11-12H2,1H3/t16-/m1/s1. The number of aromatic nitrogens is 3. The number of carbonyl (C=O) groups excluding carboxylic acids is 1. The summed E-state index contributed by atoms with van der Waals surface area (Å²) in [6, 6.07) is 11.7. The molecule has 2 aromatic heterocycles. The lowest BCUT2D eigenvalue weighted by Gasteiger charge is -2.36. The highest BCUT2D eigenvalue weighted by atomic mass is 16.5. The third-order valence-electron chi connectivity index (χ3n) is 4.43. The fourth-order valence-corrected chi connectivity index (χ4v) is 3.11. The summed E-state index contributed by atoms with van der Waals surface area (Å²) >= 11 is 0. The van der Waals surface area contributed by atoms with Crippen LogP contribution in [0, 0.1) is 0 Å². The van der Waals surface area contributed by atoms with Crippen LogP contribution in [0.2, 0.25) is 0 Å². The van der Waals surface area contributed by atoms with Crippen LogP contribution in [0.3, 0.4) is 0 Å². The van der Waals surface area contributed by atoms with Crippen LogP contribution in [0.1, 0.15) is 40.6 Å². The summed E-state index contributed by atoms with van der Waals surface area (Å²) in [6.45, 7) is 3.11. The fourth-order valence-electron chi connectivity index (χ4n) is 3.11. The number of carbonyl (C=O) groups is 1. The van der Waals surface area contributed by atoms with E-state index in [1.807, 2.05) is 48.4 Å². The molecule has 1 amide bonds. The van der Waals surface area contributed by atoms with Crippen molar-refractivity contribution in [3.05, 3.63) is 71.6 Å². The van der Waals surface area contributed by atoms with E-state index in [0.717, 1.165) is 11.4 Å². The molecule has 1 atom stereocenters. The summed E-state index contributed by atoms with van der Waals surface area (Å²) in [6.07, 6.45) is 4.45. The quantitative estimate of drug-likeness (QED) is 0.744. The normalized spacial score (nSPS) is 16.9. The maximum absolute atomic E-state index is 13.0. The van der Waals surface area contributed by atoms with Crippen LogP contribution in [0.5, 0.6) is 0 Å². The predicted molar refractivity (Wildman–Crippen MR) is 87.2 cm³/mol. The molecule has 4 rings (SSSR count). The van der Waals surface area contributed by atoms with Crippen LogP contribution in [0.15, 0.2) is 53.3 Å². The SMILES string of the molecule is CCc1cc(C(=O)N2Cc3nccn3C[C@@H]2c2ccccc2)no1. The predicted octanol–water partition coefficient (Wildman–Crippen LogP) is 2.83. The van der Waals surface area contributed by atoms with E-state index in [0.29, 0.717) is 31.0 Å². The maximum atomic E-state index is 13.0. The molecular formula is C18H18N4O2. The summed E-state index contributed by atoms with van der Waals surface area (Å²) in [4.78, 5) is 19.2. The van der Waals surface area contributed by atoms with Gasteiger partial charge in [0.2, 0.25) is 0 Å². The van der Waals surface area contributed by atoms with Crippen molar-refractivity contribution in [2.75, 3.05) is 0 Å². The molecule has 0 fully saturated rings. The van der Waals surface area contributed by atoms with Crippen LogP contribution in [0.4, 0.5) is 0 Å². The van der Waals surface area contributed by atoms with Gasteiger partial charge in [0, 0.05) is 31.4 Å². The highest BCUT2D eigenvalue weighted by Gasteiger charge is 2.33. The van der Waals surface area contributed by atoms with Gasteiger partial charge in [0.05, 0.1) is 12.6 Å². The Morgan fingerprint density at radius 2 is 2.17 bits per heavy atom. The van der Waals surface area contributed by atoms with Crippen molar-refractivity contribution in [3.8, 4) is 0 Å². The maximum Gasteiger partial charge on any atom is 0.277 e. The molecule has 0 bridgehead atoms. The summed E-state index contributed by atoms with van der Waals surface area (Å²) < 4.78 is 7.30. The molecule has 24 heavy (non-hydrogen) atoms. The first-order chi connectivity index (χ1) is 11.8. The number of aryl methyl sites for hydroxylation is 1. The van der Waals surface area contributed by atoms with Crippen LogP contribution < -0.4 is 0 Å². The van der Waals surface area contributed by atoms with Crippen LogP contribution >= 0.6 is 0 Å². The molecule has 0 N–H and O–H groups in total. The molecule has 6 nitrogen and oxygen atoms in total. The Hall–Kier alpha value is -2.89. The van der Waals surface area contributed by atoms with Gasteiger partial charge in [-0.05, 0) is 5.56 Å². The second kappa shape index (κ2) is 5.96. The van der Waals surface area contributed by atoms with E-state index in [2.05, 4.69) is 14.7 Å². The summed E-state index contributed by atoms with van der Waals surface area (Å²) in [5, 5.41) is 3.94. The van der Waals surface area contributed by atoms with Gasteiger partial charge in [-0.1, -0.05) is 42.4 Å². The van der Waals surface area contributed by atoms with Crippen molar-refractivity contribution in [1.29, 1.82) is 0 Å². The Bertz CT molecular complexity index is 853. The van der Waals surface area contributed by atoms with Crippen molar-refractivity contribution in [2.24, 2.45) is 0 Å². The lowest BCUT2D eigenvalue weighted by Crippen LogP contribution is -2.41. The van der Waals surface area contributed by atoms with E-state index in [4.69, 9.17) is 4.52 Å². The molecule has 1 aliphatic heterocycles. The molecule has 0 spiro atoms. The number of hydrogen-bond acceptors (Lipinski definition) is 4. The van der Waals surface area contributed by atoms with Crippen LogP contribution in [0.25, 0.3) is 0 Å². The fraction of sp³-hybridized carbons (Fsp3) is 0.278. The van der Waals surface area contributed by atoms with Gasteiger partial charge in [-0.15, -0.1) is 0 Å². The Balaban J connectivity index is 1.71. The summed E-state index contributed by atoms with van der Waals surface area (Å²) in [5.41, 5.74) is 1.46. The largest absolute Gasteiger partial charge is 0.361 e. The summed E-state index contributed by atoms with van der Waals surface area (Å²) in [7, 11) is 0. The first kappa shape index (κ1) is 14.7. The number of amides is 1. The first-order valence-electron chi connectivity index (χ1n) is 8.07. The second-order valence-electron chi connectivity index (χ2n) is 5.89. The molecule has 0 saturated carbocycles. The number of imidazole rings is 1. The van der Waals surface area contributed by atoms with Gasteiger partial charge >= 0.3 is 0 Å². The molecule has 0 saturated heterocycles. The average Bonchev–Trinajstić information content (AvgIpc) is 3.29. The number of rotatable bonds is 3. The average molecular weight is 322 g/mol. The molecular weight excluding hydrogens is 304 g/mol. The van der Waals surface area contributed by atoms with Crippen LogP contribution in [-0.4, -0.2) is 25.5 Å². The zero-order valence-electron chi connectivity index (χ0n) is 13.4. The lowest BCUT2D eigenvalue weighted by molar-refractivity contribution is 0.0573. The van der Waals surface area contributed by atoms with Crippen molar-refractivity contribution < 1.29 is 9.32 Å². The van der Waals surface area contributed by atoms with E-state index < -0.39 is 0 Å². The van der Waals surface area contributed by atoms with Crippen molar-refractivity contribution in [3.63, 3.8) is 0 Å². The molecule has 1 aliphatic rings. The van der Waals surface area contributed by atoms with E-state index in [-0.39, 0.29) is 11.9 Å². The van der Waals surface area contributed by atoms with Gasteiger partial charge < -0.3 is 14.0 Å². The topological polar surface area (TPSA) is 64.2 Å². The first-order valence-corrected chi connectivity index (χ1v) is 8.07. The van der Waals surface area contributed by atoms with Gasteiger partial charge in [0.15, 0.2) is 5.69 Å². The zero-order chi connectivity index (χ0) is 16.5. The number of fused-ring (bicyclic) bond motifs is 1. The number of benzene rings is 1. The van der Waals surface area contributed by atoms with Gasteiger partial charge in [-0.25, -0.2) is 4.98 Å². The minimum Gasteiger partial charge on any atom is -0.361 e. The Labute approximate surface area is 139 Å². The van der Waals surface area contributed by atoms with Gasteiger partial charge in [-0.3, -0.25) is 4.79 Å². The van der Waals surface area contributed by atoms with Crippen molar-refractivity contribution >= 4 is 5.91 Å². The molecule has 1 aromatic carbocycles. The number of nitrogens with zero attached hydrogens (tertiary/aromatic N) is 4. The molecule has 0 radical (unpaired) electrons. The minimum absolute atomic E-state index is 0.0535. The monoisotopic (exact) mass is 322 g/mol. The van der Waals surface area contributed by atoms with E-state index >= 15 is 0 Å². The van der Waals surface area contributed by atoms with E-state index in [9.17, 15) is 4.79 Å².